The number of fused-ring (bicyclic) bond motifs is 1. The zero-order chi connectivity index (χ0) is 13.8. The van der Waals surface area contributed by atoms with E-state index < -0.39 is 0 Å². The SMILES string of the molecule is O=C(/C=C/[C@@H]1NC=Cc2ccccc21)c1ccccc1. The average molecular weight is 261 g/mol. The minimum Gasteiger partial charge on any atom is -0.381 e. The van der Waals surface area contributed by atoms with Crippen molar-refractivity contribution in [3.8, 4) is 0 Å². The minimum absolute atomic E-state index is 0.0273. The van der Waals surface area contributed by atoms with Crippen LogP contribution in [0.3, 0.4) is 0 Å². The summed E-state index contributed by atoms with van der Waals surface area (Å²) in [4.78, 5) is 12.1. The number of hydrogen-bond donors (Lipinski definition) is 1. The van der Waals surface area contributed by atoms with E-state index in [1.165, 1.54) is 11.1 Å². The summed E-state index contributed by atoms with van der Waals surface area (Å²) in [5.41, 5.74) is 3.09. The summed E-state index contributed by atoms with van der Waals surface area (Å²) in [6, 6.07) is 17.5. The molecule has 0 unspecified atom stereocenters. The van der Waals surface area contributed by atoms with Crippen molar-refractivity contribution in [2.45, 2.75) is 6.04 Å². The van der Waals surface area contributed by atoms with Crippen LogP contribution in [0, 0.1) is 0 Å². The molecule has 0 saturated heterocycles. The van der Waals surface area contributed by atoms with E-state index in [9.17, 15) is 4.79 Å². The quantitative estimate of drug-likeness (QED) is 0.673. The molecule has 1 atom stereocenters. The Hall–Kier alpha value is -2.61. The molecule has 3 rings (SSSR count). The largest absolute Gasteiger partial charge is 0.381 e. The Morgan fingerprint density at radius 1 is 1.00 bits per heavy atom. The number of hydrogen-bond acceptors (Lipinski definition) is 2. The summed E-state index contributed by atoms with van der Waals surface area (Å²) < 4.78 is 0. The van der Waals surface area contributed by atoms with Crippen LogP contribution in [0.4, 0.5) is 0 Å². The fourth-order valence-electron chi connectivity index (χ4n) is 2.32. The molecule has 0 amide bonds. The molecule has 1 heterocycles. The van der Waals surface area contributed by atoms with Gasteiger partial charge in [-0.3, -0.25) is 4.79 Å². The summed E-state index contributed by atoms with van der Waals surface area (Å²) in [6.07, 6.45) is 7.52. The van der Waals surface area contributed by atoms with Gasteiger partial charge in [0.2, 0.25) is 0 Å². The molecule has 0 aromatic heterocycles. The van der Waals surface area contributed by atoms with Gasteiger partial charge in [0.25, 0.3) is 0 Å². The molecule has 0 saturated carbocycles. The van der Waals surface area contributed by atoms with Gasteiger partial charge in [-0.15, -0.1) is 0 Å². The average Bonchev–Trinajstić information content (AvgIpc) is 2.53. The minimum atomic E-state index is 0.0273. The number of benzene rings is 2. The van der Waals surface area contributed by atoms with Crippen LogP contribution in [0.25, 0.3) is 6.08 Å². The van der Waals surface area contributed by atoms with Crippen molar-refractivity contribution >= 4 is 11.9 Å². The lowest BCUT2D eigenvalue weighted by Gasteiger charge is -2.20. The summed E-state index contributed by atoms with van der Waals surface area (Å²) in [5.74, 6) is 0.0273. The number of carbonyl (C=O) groups excluding carboxylic acids is 1. The smallest absolute Gasteiger partial charge is 0.185 e. The molecule has 1 aliphatic rings. The standard InChI is InChI=1S/C18H15NO/c20-18(15-7-2-1-3-8-15)11-10-17-16-9-5-4-6-14(16)12-13-19-17/h1-13,17,19H/b11-10+/t17-/m0/s1. The van der Waals surface area contributed by atoms with E-state index in [1.54, 1.807) is 6.08 Å². The molecule has 0 spiro atoms. The predicted molar refractivity (Wildman–Crippen MR) is 81.3 cm³/mol. The van der Waals surface area contributed by atoms with Crippen molar-refractivity contribution in [2.75, 3.05) is 0 Å². The second-order valence-corrected chi connectivity index (χ2v) is 4.70. The van der Waals surface area contributed by atoms with Crippen LogP contribution in [0.5, 0.6) is 0 Å². The maximum Gasteiger partial charge on any atom is 0.185 e. The summed E-state index contributed by atoms with van der Waals surface area (Å²) in [7, 11) is 0. The Morgan fingerprint density at radius 2 is 1.75 bits per heavy atom. The van der Waals surface area contributed by atoms with Crippen molar-refractivity contribution in [3.63, 3.8) is 0 Å². The van der Waals surface area contributed by atoms with Crippen LogP contribution >= 0.6 is 0 Å². The van der Waals surface area contributed by atoms with Gasteiger partial charge in [0.05, 0.1) is 6.04 Å². The number of nitrogens with one attached hydrogen (secondary N) is 1. The van der Waals surface area contributed by atoms with Gasteiger partial charge < -0.3 is 5.32 Å². The van der Waals surface area contributed by atoms with Crippen LogP contribution in [0.2, 0.25) is 0 Å². The van der Waals surface area contributed by atoms with Crippen molar-refractivity contribution in [3.05, 3.63) is 89.6 Å². The fourth-order valence-corrected chi connectivity index (χ4v) is 2.32. The monoisotopic (exact) mass is 261 g/mol. The maximum absolute atomic E-state index is 12.1. The third-order valence-corrected chi connectivity index (χ3v) is 3.37. The fraction of sp³-hybridized carbons (Fsp3) is 0.0556. The highest BCUT2D eigenvalue weighted by atomic mass is 16.1. The number of rotatable bonds is 3. The van der Waals surface area contributed by atoms with Crippen LogP contribution in [-0.4, -0.2) is 5.78 Å². The molecule has 0 radical (unpaired) electrons. The predicted octanol–water partition coefficient (Wildman–Crippen LogP) is 3.74. The molecule has 0 fully saturated rings. The van der Waals surface area contributed by atoms with Gasteiger partial charge in [0.15, 0.2) is 5.78 Å². The molecule has 1 aliphatic heterocycles. The van der Waals surface area contributed by atoms with E-state index in [-0.39, 0.29) is 11.8 Å². The molecule has 98 valence electrons. The molecule has 0 bridgehead atoms. The van der Waals surface area contributed by atoms with Crippen molar-refractivity contribution < 1.29 is 4.79 Å². The lowest BCUT2D eigenvalue weighted by atomic mass is 9.97. The first-order chi connectivity index (χ1) is 9.84. The normalized spacial score (nSPS) is 16.7. The van der Waals surface area contributed by atoms with Crippen molar-refractivity contribution in [1.82, 2.24) is 5.32 Å². The molecule has 2 aromatic carbocycles. The molecule has 2 aromatic rings. The van der Waals surface area contributed by atoms with E-state index in [2.05, 4.69) is 17.4 Å². The third kappa shape index (κ3) is 2.54. The van der Waals surface area contributed by atoms with Crippen LogP contribution < -0.4 is 5.32 Å². The number of carbonyl (C=O) groups is 1. The van der Waals surface area contributed by atoms with Gasteiger partial charge in [-0.25, -0.2) is 0 Å². The van der Waals surface area contributed by atoms with Crippen LogP contribution in [0.1, 0.15) is 27.5 Å². The zero-order valence-electron chi connectivity index (χ0n) is 11.0. The van der Waals surface area contributed by atoms with E-state index >= 15 is 0 Å². The van der Waals surface area contributed by atoms with Gasteiger partial charge in [-0.1, -0.05) is 60.7 Å². The topological polar surface area (TPSA) is 29.1 Å². The second-order valence-electron chi connectivity index (χ2n) is 4.70. The Morgan fingerprint density at radius 3 is 2.60 bits per heavy atom. The van der Waals surface area contributed by atoms with Gasteiger partial charge in [-0.2, -0.15) is 0 Å². The molecular weight excluding hydrogens is 246 g/mol. The highest BCUT2D eigenvalue weighted by Gasteiger charge is 2.13. The molecule has 2 heteroatoms. The third-order valence-electron chi connectivity index (χ3n) is 3.37. The first-order valence-electron chi connectivity index (χ1n) is 6.64. The first kappa shape index (κ1) is 12.4. The van der Waals surface area contributed by atoms with Crippen LogP contribution in [-0.2, 0) is 0 Å². The Bertz CT molecular complexity index is 671. The van der Waals surface area contributed by atoms with E-state index in [4.69, 9.17) is 0 Å². The lowest BCUT2D eigenvalue weighted by molar-refractivity contribution is 0.104. The summed E-state index contributed by atoms with van der Waals surface area (Å²) >= 11 is 0. The van der Waals surface area contributed by atoms with Crippen molar-refractivity contribution in [1.29, 1.82) is 0 Å². The summed E-state index contributed by atoms with van der Waals surface area (Å²) in [6.45, 7) is 0. The molecule has 2 nitrogen and oxygen atoms in total. The highest BCUT2D eigenvalue weighted by molar-refractivity contribution is 6.04. The van der Waals surface area contributed by atoms with Gasteiger partial charge in [0, 0.05) is 5.56 Å². The van der Waals surface area contributed by atoms with Gasteiger partial charge in [-0.05, 0) is 29.5 Å². The summed E-state index contributed by atoms with van der Waals surface area (Å²) in [5, 5.41) is 3.26. The number of ketones is 1. The van der Waals surface area contributed by atoms with E-state index in [0.717, 1.165) is 0 Å². The molecule has 20 heavy (non-hydrogen) atoms. The lowest BCUT2D eigenvalue weighted by Crippen LogP contribution is -2.17. The molecule has 1 N–H and O–H groups in total. The van der Waals surface area contributed by atoms with Gasteiger partial charge >= 0.3 is 0 Å². The van der Waals surface area contributed by atoms with Crippen molar-refractivity contribution in [2.24, 2.45) is 0 Å². The molecule has 0 aliphatic carbocycles. The number of allylic oxidation sites excluding steroid dienone is 1. The maximum atomic E-state index is 12.1. The second kappa shape index (κ2) is 5.57. The highest BCUT2D eigenvalue weighted by Crippen LogP contribution is 2.24. The molecular formula is C18H15NO. The Balaban J connectivity index is 1.80. The Kier molecular flexibility index (Phi) is 3.46. The first-order valence-corrected chi connectivity index (χ1v) is 6.64. The van der Waals surface area contributed by atoms with E-state index in [0.29, 0.717) is 5.56 Å². The van der Waals surface area contributed by atoms with Gasteiger partial charge in [0.1, 0.15) is 0 Å². The Labute approximate surface area is 118 Å². The van der Waals surface area contributed by atoms with E-state index in [1.807, 2.05) is 60.8 Å². The zero-order valence-corrected chi connectivity index (χ0v) is 11.0. The van der Waals surface area contributed by atoms with Crippen LogP contribution in [0.15, 0.2) is 72.9 Å².